The molecule has 0 saturated heterocycles. The van der Waals surface area contributed by atoms with Crippen LogP contribution in [0, 0.1) is 27.7 Å². The van der Waals surface area contributed by atoms with Crippen molar-refractivity contribution in [2.45, 2.75) is 32.7 Å². The quantitative estimate of drug-likeness (QED) is 0.341. The number of aryl methyl sites for hydroxylation is 4. The number of ether oxygens (including phenoxy) is 3. The van der Waals surface area contributed by atoms with Gasteiger partial charge in [-0.2, -0.15) is 13.4 Å². The fourth-order valence-corrected chi connectivity index (χ4v) is 4.92. The van der Waals surface area contributed by atoms with Crippen molar-refractivity contribution in [1.29, 1.82) is 0 Å². The zero-order valence-corrected chi connectivity index (χ0v) is 23.1. The van der Waals surface area contributed by atoms with Gasteiger partial charge in [0.15, 0.2) is 5.03 Å². The Balaban J connectivity index is 1.81. The van der Waals surface area contributed by atoms with E-state index in [2.05, 4.69) is 24.7 Å². The first-order valence-corrected chi connectivity index (χ1v) is 13.2. The maximum absolute atomic E-state index is 13.3. The minimum atomic E-state index is -4.27. The molecule has 0 aliphatic rings. The molecule has 0 unspecified atom stereocenters. The van der Waals surface area contributed by atoms with Crippen LogP contribution >= 0.6 is 0 Å². The van der Waals surface area contributed by atoms with Gasteiger partial charge in [-0.1, -0.05) is 23.8 Å². The molecule has 0 aliphatic carbocycles. The van der Waals surface area contributed by atoms with Gasteiger partial charge in [-0.3, -0.25) is 4.79 Å². The summed E-state index contributed by atoms with van der Waals surface area (Å²) in [7, 11) is -1.40. The number of carbonyl (C=O) groups excluding carboxylic acids is 1. The van der Waals surface area contributed by atoms with Crippen molar-refractivity contribution in [3.8, 4) is 34.8 Å². The van der Waals surface area contributed by atoms with Gasteiger partial charge in [-0.25, -0.2) is 19.7 Å². The molecule has 4 rings (SSSR count). The number of sulfonamides is 1. The lowest BCUT2D eigenvalue weighted by atomic mass is 10.1. The van der Waals surface area contributed by atoms with E-state index in [4.69, 9.17) is 14.2 Å². The van der Waals surface area contributed by atoms with E-state index in [1.807, 2.05) is 32.9 Å². The number of nitrogens with one attached hydrogen (secondary N) is 1. The first-order chi connectivity index (χ1) is 18.5. The fourth-order valence-electron chi connectivity index (χ4n) is 3.94. The van der Waals surface area contributed by atoms with Gasteiger partial charge in [0.2, 0.25) is 11.8 Å². The maximum atomic E-state index is 13.3. The number of aromatic nitrogens is 4. The SMILES string of the molecule is COc1ncc(-c2ccc(C(=O)NS(=O)(=O)c3cccc(C)n3)c(Oc3c(C)cc(C)cc3C)n2)c(OC)n1. The number of methoxy groups -OCH3 is 2. The normalized spacial score (nSPS) is 11.1. The van der Waals surface area contributed by atoms with E-state index >= 15 is 0 Å². The molecule has 1 amide bonds. The molecule has 3 heterocycles. The number of carbonyl (C=O) groups is 1. The molecule has 4 aromatic rings. The average molecular weight is 550 g/mol. The molecular weight excluding hydrogens is 522 g/mol. The van der Waals surface area contributed by atoms with Gasteiger partial charge in [-0.05, 0) is 63.1 Å². The Kier molecular flexibility index (Phi) is 7.77. The third kappa shape index (κ3) is 5.96. The second-order valence-electron chi connectivity index (χ2n) is 8.71. The van der Waals surface area contributed by atoms with Gasteiger partial charge >= 0.3 is 6.01 Å². The molecule has 202 valence electrons. The Morgan fingerprint density at radius 2 is 1.59 bits per heavy atom. The minimum Gasteiger partial charge on any atom is -0.480 e. The van der Waals surface area contributed by atoms with E-state index < -0.39 is 15.9 Å². The summed E-state index contributed by atoms with van der Waals surface area (Å²) in [4.78, 5) is 30.2. The Labute approximate surface area is 226 Å². The average Bonchev–Trinajstić information content (AvgIpc) is 2.90. The molecule has 39 heavy (non-hydrogen) atoms. The van der Waals surface area contributed by atoms with E-state index in [1.165, 1.54) is 38.6 Å². The zero-order valence-electron chi connectivity index (χ0n) is 22.3. The number of hydrogen-bond donors (Lipinski definition) is 1. The van der Waals surface area contributed by atoms with Crippen molar-refractivity contribution in [2.75, 3.05) is 14.2 Å². The predicted molar refractivity (Wildman–Crippen MR) is 143 cm³/mol. The molecule has 0 saturated carbocycles. The van der Waals surface area contributed by atoms with Crippen LogP contribution in [0.3, 0.4) is 0 Å². The number of amides is 1. The second kappa shape index (κ2) is 11.0. The Morgan fingerprint density at radius 1 is 0.872 bits per heavy atom. The molecule has 3 aromatic heterocycles. The molecule has 1 N–H and O–H groups in total. The van der Waals surface area contributed by atoms with Crippen molar-refractivity contribution in [1.82, 2.24) is 24.7 Å². The summed E-state index contributed by atoms with van der Waals surface area (Å²) in [5.41, 5.74) is 3.77. The van der Waals surface area contributed by atoms with Crippen molar-refractivity contribution in [3.05, 3.63) is 76.6 Å². The lowest BCUT2D eigenvalue weighted by molar-refractivity contribution is 0.0978. The summed E-state index contributed by atoms with van der Waals surface area (Å²) in [6.45, 7) is 7.35. The Bertz CT molecular complexity index is 1650. The van der Waals surface area contributed by atoms with Crippen molar-refractivity contribution in [3.63, 3.8) is 0 Å². The van der Waals surface area contributed by atoms with Crippen LogP contribution in [0.15, 0.2) is 53.7 Å². The monoisotopic (exact) mass is 549 g/mol. The van der Waals surface area contributed by atoms with Gasteiger partial charge in [-0.15, -0.1) is 0 Å². The van der Waals surface area contributed by atoms with Gasteiger partial charge in [0.05, 0.1) is 25.5 Å². The summed E-state index contributed by atoms with van der Waals surface area (Å²) in [5.74, 6) is -0.383. The minimum absolute atomic E-state index is 0.101. The lowest BCUT2D eigenvalue weighted by Crippen LogP contribution is -2.31. The highest BCUT2D eigenvalue weighted by atomic mass is 32.2. The molecule has 0 fully saturated rings. The predicted octanol–water partition coefficient (Wildman–Crippen LogP) is 4.10. The number of hydrogen-bond acceptors (Lipinski definition) is 10. The molecule has 0 atom stereocenters. The molecule has 0 aliphatic heterocycles. The molecule has 0 radical (unpaired) electrons. The van der Waals surface area contributed by atoms with Gasteiger partial charge in [0.1, 0.15) is 11.3 Å². The smallest absolute Gasteiger partial charge is 0.319 e. The molecule has 0 bridgehead atoms. The number of benzene rings is 1. The zero-order chi connectivity index (χ0) is 28.3. The highest BCUT2D eigenvalue weighted by Gasteiger charge is 2.25. The highest BCUT2D eigenvalue weighted by Crippen LogP contribution is 2.34. The number of pyridine rings is 2. The summed E-state index contributed by atoms with van der Waals surface area (Å²) < 4.78 is 44.5. The van der Waals surface area contributed by atoms with E-state index in [-0.39, 0.29) is 28.4 Å². The first kappa shape index (κ1) is 27.5. The van der Waals surface area contributed by atoms with Gasteiger partial charge < -0.3 is 14.2 Å². The largest absolute Gasteiger partial charge is 0.480 e. The third-order valence-electron chi connectivity index (χ3n) is 5.66. The first-order valence-electron chi connectivity index (χ1n) is 11.8. The lowest BCUT2D eigenvalue weighted by Gasteiger charge is -2.16. The molecule has 0 spiro atoms. The van der Waals surface area contributed by atoms with Crippen LogP contribution in [-0.4, -0.2) is 48.5 Å². The van der Waals surface area contributed by atoms with Crippen LogP contribution in [0.25, 0.3) is 11.3 Å². The molecule has 12 heteroatoms. The van der Waals surface area contributed by atoms with Crippen LogP contribution in [0.2, 0.25) is 0 Å². The van der Waals surface area contributed by atoms with Crippen LogP contribution in [0.4, 0.5) is 0 Å². The van der Waals surface area contributed by atoms with E-state index in [9.17, 15) is 13.2 Å². The summed E-state index contributed by atoms with van der Waals surface area (Å²) in [6, 6.07) is 11.4. The van der Waals surface area contributed by atoms with Gasteiger partial charge in [0.25, 0.3) is 15.9 Å². The van der Waals surface area contributed by atoms with Crippen LogP contribution in [0.5, 0.6) is 23.5 Å². The van der Waals surface area contributed by atoms with Crippen LogP contribution in [-0.2, 0) is 10.0 Å². The van der Waals surface area contributed by atoms with Gasteiger partial charge in [0, 0.05) is 11.9 Å². The number of rotatable bonds is 8. The highest BCUT2D eigenvalue weighted by molar-refractivity contribution is 7.90. The third-order valence-corrected chi connectivity index (χ3v) is 6.89. The van der Waals surface area contributed by atoms with E-state index in [0.29, 0.717) is 22.7 Å². The fraction of sp³-hybridized carbons (Fsp3) is 0.222. The summed E-state index contributed by atoms with van der Waals surface area (Å²) in [5, 5.41) is -0.284. The standard InChI is InChI=1S/C27H27N5O6S/c1-15-12-16(2)23(17(3)13-15)38-26-19(24(33)32-39(34,35)22-9-7-8-18(4)29-22)10-11-21(30-26)20-14-28-27(37-6)31-25(20)36-5/h7-14H,1-6H3,(H,32,33). The summed E-state index contributed by atoms with van der Waals surface area (Å²) in [6.07, 6.45) is 1.47. The molecular formula is C27H27N5O6S. The Morgan fingerprint density at radius 3 is 2.23 bits per heavy atom. The maximum Gasteiger partial charge on any atom is 0.319 e. The van der Waals surface area contributed by atoms with Crippen molar-refractivity contribution < 1.29 is 27.4 Å². The van der Waals surface area contributed by atoms with E-state index in [0.717, 1.165) is 16.7 Å². The Hall–Kier alpha value is -4.58. The molecule has 1 aromatic carbocycles. The molecule has 11 nitrogen and oxygen atoms in total. The van der Waals surface area contributed by atoms with Crippen LogP contribution < -0.4 is 18.9 Å². The number of nitrogens with zero attached hydrogens (tertiary/aromatic N) is 4. The summed E-state index contributed by atoms with van der Waals surface area (Å²) >= 11 is 0. The van der Waals surface area contributed by atoms with Crippen LogP contribution in [0.1, 0.15) is 32.7 Å². The second-order valence-corrected chi connectivity index (χ2v) is 10.3. The van der Waals surface area contributed by atoms with Crippen molar-refractivity contribution >= 4 is 15.9 Å². The topological polar surface area (TPSA) is 142 Å². The van der Waals surface area contributed by atoms with Crippen molar-refractivity contribution in [2.24, 2.45) is 0 Å². The van der Waals surface area contributed by atoms with E-state index in [1.54, 1.807) is 19.1 Å².